The molecule has 2 heterocycles. The van der Waals surface area contributed by atoms with E-state index in [2.05, 4.69) is 4.98 Å². The second kappa shape index (κ2) is 9.58. The first-order valence-electron chi connectivity index (χ1n) is 10.2. The molecule has 0 N–H and O–H groups in total. The summed E-state index contributed by atoms with van der Waals surface area (Å²) in [6, 6.07) is 8.91. The quantitative estimate of drug-likeness (QED) is 0.479. The first kappa shape index (κ1) is 23.6. The Morgan fingerprint density at radius 3 is 2.34 bits per heavy atom. The SMILES string of the molecule is CCOC(=O)c1ccc(C(=O)N2CCN(S(=O)(=O)c3cccc(C(C)=O)c3)CC2)nc1C. The fraction of sp³-hybridized carbons (Fsp3) is 0.364. The number of esters is 1. The minimum absolute atomic E-state index is 0.0526. The summed E-state index contributed by atoms with van der Waals surface area (Å²) in [6.45, 7) is 5.60. The fourth-order valence-electron chi connectivity index (χ4n) is 3.42. The maximum atomic E-state index is 13.0. The summed E-state index contributed by atoms with van der Waals surface area (Å²) < 4.78 is 32.2. The number of aromatic nitrogens is 1. The molecular weight excluding hydrogens is 434 g/mol. The first-order chi connectivity index (χ1) is 15.1. The molecule has 0 bridgehead atoms. The number of amides is 1. The number of pyridine rings is 1. The third kappa shape index (κ3) is 4.86. The average molecular weight is 460 g/mol. The number of ether oxygens (including phenoxy) is 1. The van der Waals surface area contributed by atoms with Crippen LogP contribution in [0.25, 0.3) is 0 Å². The molecule has 1 aliphatic heterocycles. The van der Waals surface area contributed by atoms with Crippen molar-refractivity contribution >= 4 is 27.7 Å². The third-order valence-corrected chi connectivity index (χ3v) is 7.10. The van der Waals surface area contributed by atoms with Gasteiger partial charge in [0.05, 0.1) is 22.8 Å². The molecule has 0 atom stereocenters. The number of aryl methyl sites for hydroxylation is 1. The van der Waals surface area contributed by atoms with Crippen molar-refractivity contribution in [1.82, 2.24) is 14.2 Å². The summed E-state index contributed by atoms with van der Waals surface area (Å²) in [5, 5.41) is 0. The molecule has 10 heteroatoms. The second-order valence-corrected chi connectivity index (χ2v) is 9.27. The van der Waals surface area contributed by atoms with Gasteiger partial charge in [0.2, 0.25) is 10.0 Å². The summed E-state index contributed by atoms with van der Waals surface area (Å²) in [5.74, 6) is -1.04. The number of hydrogen-bond donors (Lipinski definition) is 0. The Labute approximate surface area is 187 Å². The maximum Gasteiger partial charge on any atom is 0.339 e. The minimum atomic E-state index is -3.78. The van der Waals surface area contributed by atoms with E-state index in [4.69, 9.17) is 4.74 Å². The highest BCUT2D eigenvalue weighted by molar-refractivity contribution is 7.89. The van der Waals surface area contributed by atoms with Crippen LogP contribution in [0.2, 0.25) is 0 Å². The van der Waals surface area contributed by atoms with E-state index in [1.807, 2.05) is 0 Å². The number of nitrogens with zero attached hydrogens (tertiary/aromatic N) is 3. The molecule has 170 valence electrons. The molecule has 0 unspecified atom stereocenters. The van der Waals surface area contributed by atoms with E-state index >= 15 is 0 Å². The largest absolute Gasteiger partial charge is 0.462 e. The second-order valence-electron chi connectivity index (χ2n) is 7.33. The molecule has 0 aliphatic carbocycles. The molecule has 3 rings (SSSR count). The first-order valence-corrected chi connectivity index (χ1v) is 11.6. The van der Waals surface area contributed by atoms with Crippen LogP contribution in [0.1, 0.15) is 50.7 Å². The molecule has 9 nitrogen and oxygen atoms in total. The van der Waals surface area contributed by atoms with Gasteiger partial charge in [-0.25, -0.2) is 18.2 Å². The van der Waals surface area contributed by atoms with Gasteiger partial charge in [0.15, 0.2) is 5.78 Å². The van der Waals surface area contributed by atoms with Crippen LogP contribution in [0.15, 0.2) is 41.3 Å². The Morgan fingerprint density at radius 1 is 1.06 bits per heavy atom. The van der Waals surface area contributed by atoms with Gasteiger partial charge in [-0.1, -0.05) is 12.1 Å². The smallest absolute Gasteiger partial charge is 0.339 e. The van der Waals surface area contributed by atoms with Gasteiger partial charge in [-0.05, 0) is 45.0 Å². The van der Waals surface area contributed by atoms with Crippen molar-refractivity contribution < 1.29 is 27.5 Å². The molecule has 1 saturated heterocycles. The number of carbonyl (C=O) groups excluding carboxylic acids is 3. The predicted molar refractivity (Wildman–Crippen MR) is 116 cm³/mol. The summed E-state index contributed by atoms with van der Waals surface area (Å²) in [6.07, 6.45) is 0. The molecule has 32 heavy (non-hydrogen) atoms. The number of piperazine rings is 1. The lowest BCUT2D eigenvalue weighted by molar-refractivity contribution is 0.0523. The summed E-state index contributed by atoms with van der Waals surface area (Å²) >= 11 is 0. The van der Waals surface area contributed by atoms with Crippen molar-refractivity contribution in [2.45, 2.75) is 25.7 Å². The van der Waals surface area contributed by atoms with Crippen LogP contribution in [-0.4, -0.2) is 73.1 Å². The van der Waals surface area contributed by atoms with Crippen molar-refractivity contribution in [3.63, 3.8) is 0 Å². The Kier molecular flexibility index (Phi) is 7.05. The number of benzene rings is 1. The standard InChI is InChI=1S/C22H25N3O6S/c1-4-31-22(28)19-8-9-20(23-15(19)2)21(27)24-10-12-25(13-11-24)32(29,30)18-7-5-6-17(14-18)16(3)26/h5-9,14H,4,10-13H2,1-3H3. The van der Waals surface area contributed by atoms with Gasteiger partial charge in [-0.15, -0.1) is 0 Å². The van der Waals surface area contributed by atoms with Gasteiger partial charge in [-0.2, -0.15) is 4.31 Å². The van der Waals surface area contributed by atoms with Crippen molar-refractivity contribution in [2.75, 3.05) is 32.8 Å². The highest BCUT2D eigenvalue weighted by Crippen LogP contribution is 2.20. The maximum absolute atomic E-state index is 13.0. The van der Waals surface area contributed by atoms with E-state index in [1.165, 1.54) is 46.5 Å². The minimum Gasteiger partial charge on any atom is -0.462 e. The lowest BCUT2D eigenvalue weighted by Gasteiger charge is -2.34. The number of rotatable bonds is 6. The molecule has 1 aliphatic rings. The van der Waals surface area contributed by atoms with Gasteiger partial charge in [0, 0.05) is 31.7 Å². The van der Waals surface area contributed by atoms with E-state index in [9.17, 15) is 22.8 Å². The van der Waals surface area contributed by atoms with Gasteiger partial charge in [0.25, 0.3) is 5.91 Å². The number of hydrogen-bond acceptors (Lipinski definition) is 7. The Bertz CT molecular complexity index is 1150. The van der Waals surface area contributed by atoms with Crippen LogP contribution in [-0.2, 0) is 14.8 Å². The van der Waals surface area contributed by atoms with Crippen LogP contribution in [0.4, 0.5) is 0 Å². The lowest BCUT2D eigenvalue weighted by Crippen LogP contribution is -2.50. The monoisotopic (exact) mass is 459 g/mol. The van der Waals surface area contributed by atoms with E-state index in [-0.39, 0.29) is 55.1 Å². The van der Waals surface area contributed by atoms with Gasteiger partial charge < -0.3 is 9.64 Å². The normalized spacial score (nSPS) is 14.8. The Morgan fingerprint density at radius 2 is 1.75 bits per heavy atom. The van der Waals surface area contributed by atoms with Crippen molar-refractivity contribution in [1.29, 1.82) is 0 Å². The van der Waals surface area contributed by atoms with Crippen LogP contribution in [0.3, 0.4) is 0 Å². The fourth-order valence-corrected chi connectivity index (χ4v) is 4.89. The van der Waals surface area contributed by atoms with E-state index in [0.29, 0.717) is 16.8 Å². The van der Waals surface area contributed by atoms with E-state index in [0.717, 1.165) is 0 Å². The van der Waals surface area contributed by atoms with E-state index < -0.39 is 16.0 Å². The summed E-state index contributed by atoms with van der Waals surface area (Å²) in [4.78, 5) is 42.2. The van der Waals surface area contributed by atoms with Gasteiger partial charge >= 0.3 is 5.97 Å². The van der Waals surface area contributed by atoms with Gasteiger partial charge in [-0.3, -0.25) is 9.59 Å². The number of ketones is 1. The van der Waals surface area contributed by atoms with Gasteiger partial charge in [0.1, 0.15) is 5.69 Å². The average Bonchev–Trinajstić information content (AvgIpc) is 2.78. The summed E-state index contributed by atoms with van der Waals surface area (Å²) in [5.41, 5.74) is 1.20. The zero-order valence-corrected chi connectivity index (χ0v) is 19.0. The number of Topliss-reactive ketones (excluding diaryl/α,β-unsaturated/α-hetero) is 1. The molecule has 2 aromatic rings. The summed E-state index contributed by atoms with van der Waals surface area (Å²) in [7, 11) is -3.78. The predicted octanol–water partition coefficient (Wildman–Crippen LogP) is 1.92. The molecule has 0 saturated carbocycles. The van der Waals surface area contributed by atoms with Crippen molar-refractivity contribution in [3.05, 3.63) is 58.9 Å². The number of sulfonamides is 1. The molecule has 0 radical (unpaired) electrons. The molecule has 1 aromatic heterocycles. The zero-order valence-electron chi connectivity index (χ0n) is 18.2. The topological polar surface area (TPSA) is 114 Å². The lowest BCUT2D eigenvalue weighted by atomic mass is 10.1. The Hall–Kier alpha value is -3.11. The Balaban J connectivity index is 1.69. The molecule has 1 amide bonds. The highest BCUT2D eigenvalue weighted by Gasteiger charge is 2.31. The third-order valence-electron chi connectivity index (χ3n) is 5.20. The van der Waals surface area contributed by atoms with Crippen molar-refractivity contribution in [3.8, 4) is 0 Å². The zero-order chi connectivity index (χ0) is 23.5. The molecule has 1 fully saturated rings. The highest BCUT2D eigenvalue weighted by atomic mass is 32.2. The van der Waals surface area contributed by atoms with Crippen LogP contribution >= 0.6 is 0 Å². The molecule has 1 aromatic carbocycles. The van der Waals surface area contributed by atoms with Crippen LogP contribution in [0.5, 0.6) is 0 Å². The molecular formula is C22H25N3O6S. The van der Waals surface area contributed by atoms with E-state index in [1.54, 1.807) is 19.9 Å². The van der Waals surface area contributed by atoms with Crippen molar-refractivity contribution in [2.24, 2.45) is 0 Å². The van der Waals surface area contributed by atoms with Crippen LogP contribution in [0, 0.1) is 6.92 Å². The van der Waals surface area contributed by atoms with Crippen LogP contribution < -0.4 is 0 Å². The number of carbonyl (C=O) groups is 3. The molecule has 0 spiro atoms.